The lowest BCUT2D eigenvalue weighted by molar-refractivity contribution is -0.122. The highest BCUT2D eigenvalue weighted by atomic mass is 32.1. The van der Waals surface area contributed by atoms with E-state index in [1.54, 1.807) is 17.7 Å². The Hall–Kier alpha value is -1.99. The van der Waals surface area contributed by atoms with Crippen LogP contribution in [-0.4, -0.2) is 53.5 Å². The zero-order valence-corrected chi connectivity index (χ0v) is 15.1. The molecule has 0 aromatic carbocycles. The lowest BCUT2D eigenvalue weighted by Crippen LogP contribution is -2.60. The first-order chi connectivity index (χ1) is 11.5. The number of nitrogens with zero attached hydrogens (tertiary/aromatic N) is 4. The highest BCUT2D eigenvalue weighted by Crippen LogP contribution is 2.25. The van der Waals surface area contributed by atoms with Gasteiger partial charge in [0.2, 0.25) is 5.91 Å². The highest BCUT2D eigenvalue weighted by Gasteiger charge is 2.32. The summed E-state index contributed by atoms with van der Waals surface area (Å²) >= 11 is 1.66. The average molecular weight is 345 g/mol. The van der Waals surface area contributed by atoms with Crippen LogP contribution in [0, 0.1) is 13.8 Å². The standard InChI is InChI=1S/C17H23N5OS/c1-12-13(2)19-11-20-17(12)22-8-14(9-22)21(3)10-16(23)18-7-15-5-4-6-24-15/h4-6,11,14H,7-10H2,1-3H3,(H,18,23). The predicted octanol–water partition coefficient (Wildman–Crippen LogP) is 1.59. The van der Waals surface area contributed by atoms with Crippen molar-refractivity contribution in [3.8, 4) is 0 Å². The van der Waals surface area contributed by atoms with Crippen molar-refractivity contribution in [2.75, 3.05) is 31.6 Å². The van der Waals surface area contributed by atoms with E-state index in [2.05, 4.69) is 32.0 Å². The van der Waals surface area contributed by atoms with E-state index in [0.29, 0.717) is 19.1 Å². The van der Waals surface area contributed by atoms with Crippen LogP contribution in [0.3, 0.4) is 0 Å². The van der Waals surface area contributed by atoms with E-state index in [1.807, 2.05) is 31.5 Å². The molecule has 1 aliphatic heterocycles. The van der Waals surface area contributed by atoms with Gasteiger partial charge in [-0.25, -0.2) is 9.97 Å². The van der Waals surface area contributed by atoms with Gasteiger partial charge in [0.05, 0.1) is 13.1 Å². The molecule has 0 aliphatic carbocycles. The van der Waals surface area contributed by atoms with Gasteiger partial charge in [-0.1, -0.05) is 6.07 Å². The summed E-state index contributed by atoms with van der Waals surface area (Å²) in [5.41, 5.74) is 2.15. The smallest absolute Gasteiger partial charge is 0.234 e. The fourth-order valence-electron chi connectivity index (χ4n) is 2.76. The lowest BCUT2D eigenvalue weighted by Gasteiger charge is -2.45. The Labute approximate surface area is 146 Å². The van der Waals surface area contributed by atoms with E-state index in [9.17, 15) is 4.79 Å². The third kappa shape index (κ3) is 3.73. The Balaban J connectivity index is 1.45. The topological polar surface area (TPSA) is 61.4 Å². The summed E-state index contributed by atoms with van der Waals surface area (Å²) in [5, 5.41) is 5.00. The van der Waals surface area contributed by atoms with Crippen LogP contribution in [0.5, 0.6) is 0 Å². The van der Waals surface area contributed by atoms with Crippen LogP contribution in [-0.2, 0) is 11.3 Å². The maximum atomic E-state index is 12.1. The first-order valence-corrected chi connectivity index (χ1v) is 8.95. The molecule has 3 heterocycles. The minimum absolute atomic E-state index is 0.0680. The second-order valence-corrected chi connectivity index (χ2v) is 7.27. The molecule has 1 N–H and O–H groups in total. The third-order valence-corrected chi connectivity index (χ3v) is 5.40. The largest absolute Gasteiger partial charge is 0.353 e. The SMILES string of the molecule is Cc1ncnc(N2CC(N(C)CC(=O)NCc3cccs3)C2)c1C. The Morgan fingerprint density at radius 2 is 2.21 bits per heavy atom. The van der Waals surface area contributed by atoms with E-state index in [-0.39, 0.29) is 5.91 Å². The van der Waals surface area contributed by atoms with Crippen molar-refractivity contribution in [3.63, 3.8) is 0 Å². The van der Waals surface area contributed by atoms with Crippen LogP contribution in [0.1, 0.15) is 16.1 Å². The van der Waals surface area contributed by atoms with Crippen LogP contribution >= 0.6 is 11.3 Å². The molecule has 1 saturated heterocycles. The second kappa shape index (κ2) is 7.27. The van der Waals surface area contributed by atoms with Crippen molar-refractivity contribution in [3.05, 3.63) is 40.0 Å². The molecule has 2 aromatic heterocycles. The summed E-state index contributed by atoms with van der Waals surface area (Å²) in [6, 6.07) is 4.41. The molecule has 2 aromatic rings. The normalized spacial score (nSPS) is 14.8. The monoisotopic (exact) mass is 345 g/mol. The number of carbonyl (C=O) groups is 1. The molecular formula is C17H23N5OS. The van der Waals surface area contributed by atoms with Crippen molar-refractivity contribution in [2.45, 2.75) is 26.4 Å². The lowest BCUT2D eigenvalue weighted by atomic mass is 10.1. The molecule has 1 aliphatic rings. The van der Waals surface area contributed by atoms with Gasteiger partial charge < -0.3 is 10.2 Å². The van der Waals surface area contributed by atoms with Crippen molar-refractivity contribution in [2.24, 2.45) is 0 Å². The molecule has 0 spiro atoms. The number of anilines is 1. The fraction of sp³-hybridized carbons (Fsp3) is 0.471. The van der Waals surface area contributed by atoms with Gasteiger partial charge in [-0.3, -0.25) is 9.69 Å². The average Bonchev–Trinajstić information content (AvgIpc) is 3.01. The molecule has 0 atom stereocenters. The molecule has 3 rings (SSSR count). The number of hydrogen-bond donors (Lipinski definition) is 1. The first-order valence-electron chi connectivity index (χ1n) is 8.07. The second-order valence-electron chi connectivity index (χ2n) is 6.24. The molecule has 0 unspecified atom stereocenters. The van der Waals surface area contributed by atoms with Crippen LogP contribution in [0.2, 0.25) is 0 Å². The Kier molecular flexibility index (Phi) is 5.11. The van der Waals surface area contributed by atoms with Gasteiger partial charge in [0.25, 0.3) is 0 Å². The van der Waals surface area contributed by atoms with Crippen molar-refractivity contribution in [1.82, 2.24) is 20.2 Å². The molecule has 7 heteroatoms. The van der Waals surface area contributed by atoms with Gasteiger partial charge in [-0.2, -0.15) is 0 Å². The van der Waals surface area contributed by atoms with Crippen LogP contribution in [0.15, 0.2) is 23.8 Å². The van der Waals surface area contributed by atoms with Crippen molar-refractivity contribution in [1.29, 1.82) is 0 Å². The number of aromatic nitrogens is 2. The van der Waals surface area contributed by atoms with Gasteiger partial charge in [-0.05, 0) is 32.3 Å². The zero-order chi connectivity index (χ0) is 17.1. The number of nitrogens with one attached hydrogen (secondary N) is 1. The van der Waals surface area contributed by atoms with Crippen molar-refractivity contribution < 1.29 is 4.79 Å². The molecule has 1 amide bonds. The molecule has 0 saturated carbocycles. The Morgan fingerprint density at radius 1 is 1.42 bits per heavy atom. The van der Waals surface area contributed by atoms with Gasteiger partial charge >= 0.3 is 0 Å². The summed E-state index contributed by atoms with van der Waals surface area (Å²) < 4.78 is 0. The third-order valence-electron chi connectivity index (χ3n) is 4.53. The van der Waals surface area contributed by atoms with Crippen LogP contribution < -0.4 is 10.2 Å². The molecule has 6 nitrogen and oxygen atoms in total. The number of amides is 1. The van der Waals surface area contributed by atoms with E-state index in [1.165, 1.54) is 4.88 Å². The van der Waals surface area contributed by atoms with Gasteiger partial charge in [0.1, 0.15) is 12.1 Å². The molecule has 1 fully saturated rings. The Bertz CT molecular complexity index is 697. The quantitative estimate of drug-likeness (QED) is 0.861. The predicted molar refractivity (Wildman–Crippen MR) is 96.3 cm³/mol. The summed E-state index contributed by atoms with van der Waals surface area (Å²) in [5.74, 6) is 1.08. The van der Waals surface area contributed by atoms with Gasteiger partial charge in [-0.15, -0.1) is 11.3 Å². The maximum absolute atomic E-state index is 12.1. The summed E-state index contributed by atoms with van der Waals surface area (Å²) in [6.45, 7) is 6.88. The van der Waals surface area contributed by atoms with Gasteiger partial charge in [0, 0.05) is 35.3 Å². The van der Waals surface area contributed by atoms with E-state index in [0.717, 1.165) is 30.2 Å². The molecule has 0 bridgehead atoms. The summed E-state index contributed by atoms with van der Waals surface area (Å²) in [6.07, 6.45) is 1.62. The van der Waals surface area contributed by atoms with E-state index >= 15 is 0 Å². The molecule has 0 radical (unpaired) electrons. The number of carbonyl (C=O) groups excluding carboxylic acids is 1. The number of thiophene rings is 1. The highest BCUT2D eigenvalue weighted by molar-refractivity contribution is 7.09. The number of rotatable bonds is 6. The molecule has 24 heavy (non-hydrogen) atoms. The number of hydrogen-bond acceptors (Lipinski definition) is 6. The zero-order valence-electron chi connectivity index (χ0n) is 14.3. The number of likely N-dealkylation sites (N-methyl/N-ethyl adjacent to an activating group) is 1. The summed E-state index contributed by atoms with van der Waals surface area (Å²) in [7, 11) is 2.00. The minimum atomic E-state index is 0.0680. The number of aryl methyl sites for hydroxylation is 1. The van der Waals surface area contributed by atoms with Gasteiger partial charge in [0.15, 0.2) is 0 Å². The van der Waals surface area contributed by atoms with Crippen LogP contribution in [0.25, 0.3) is 0 Å². The Morgan fingerprint density at radius 3 is 2.92 bits per heavy atom. The minimum Gasteiger partial charge on any atom is -0.353 e. The van der Waals surface area contributed by atoms with E-state index in [4.69, 9.17) is 0 Å². The fourth-order valence-corrected chi connectivity index (χ4v) is 3.41. The van der Waals surface area contributed by atoms with Crippen molar-refractivity contribution >= 4 is 23.1 Å². The molecule has 128 valence electrons. The summed E-state index contributed by atoms with van der Waals surface area (Å²) in [4.78, 5) is 26.2. The van der Waals surface area contributed by atoms with E-state index < -0.39 is 0 Å². The van der Waals surface area contributed by atoms with Crippen LogP contribution in [0.4, 0.5) is 5.82 Å². The molecular weight excluding hydrogens is 322 g/mol. The first kappa shape index (κ1) is 16.9. The maximum Gasteiger partial charge on any atom is 0.234 e.